The second kappa shape index (κ2) is 7.23. The third-order valence-electron chi connectivity index (χ3n) is 2.29. The van der Waals surface area contributed by atoms with Crippen LogP contribution in [-0.4, -0.2) is 46.2 Å². The molecule has 88 valence electrons. The second-order valence-electron chi connectivity index (χ2n) is 3.54. The average Bonchev–Trinajstić information content (AvgIpc) is 2.11. The Hall–Kier alpha value is -1.10. The summed E-state index contributed by atoms with van der Waals surface area (Å²) < 4.78 is 0. The normalized spacial score (nSPS) is 12.7. The highest BCUT2D eigenvalue weighted by Crippen LogP contribution is 2.10. The Labute approximate surface area is 89.7 Å². The highest BCUT2D eigenvalue weighted by Gasteiger charge is 2.20. The van der Waals surface area contributed by atoms with Gasteiger partial charge in [-0.2, -0.15) is 0 Å². The molecule has 5 heteroatoms. The molecule has 0 saturated heterocycles. The van der Waals surface area contributed by atoms with Gasteiger partial charge in [0.25, 0.3) is 0 Å². The molecule has 0 amide bonds. The van der Waals surface area contributed by atoms with E-state index in [-0.39, 0.29) is 19.1 Å². The van der Waals surface area contributed by atoms with Crippen LogP contribution in [-0.2, 0) is 9.59 Å². The molecule has 0 bridgehead atoms. The van der Waals surface area contributed by atoms with Crippen molar-refractivity contribution in [2.45, 2.75) is 39.2 Å². The minimum absolute atomic E-state index is 0.0437. The third-order valence-corrected chi connectivity index (χ3v) is 2.29. The Kier molecular flexibility index (Phi) is 6.70. The van der Waals surface area contributed by atoms with Crippen LogP contribution < -0.4 is 0 Å². The highest BCUT2D eigenvalue weighted by molar-refractivity contribution is 5.72. The first-order valence-corrected chi connectivity index (χ1v) is 5.18. The van der Waals surface area contributed by atoms with Gasteiger partial charge in [-0.1, -0.05) is 20.3 Å². The summed E-state index contributed by atoms with van der Waals surface area (Å²) >= 11 is 0. The average molecular weight is 217 g/mol. The van der Waals surface area contributed by atoms with Crippen molar-refractivity contribution in [1.29, 1.82) is 0 Å². The Bertz CT molecular complexity index is 201. The van der Waals surface area contributed by atoms with Crippen LogP contribution in [0, 0.1) is 0 Å². The number of hydrogen-bond acceptors (Lipinski definition) is 3. The summed E-state index contributed by atoms with van der Waals surface area (Å²) in [5, 5.41) is 17.3. The first-order chi connectivity index (χ1) is 7.01. The number of aliphatic carboxylic acids is 2. The lowest BCUT2D eigenvalue weighted by molar-refractivity contribution is -0.143. The summed E-state index contributed by atoms with van der Waals surface area (Å²) in [7, 11) is 0. The van der Waals surface area contributed by atoms with Crippen molar-refractivity contribution in [3.8, 4) is 0 Å². The van der Waals surface area contributed by atoms with Crippen molar-refractivity contribution in [3.63, 3.8) is 0 Å². The van der Waals surface area contributed by atoms with Gasteiger partial charge in [0.1, 0.15) is 0 Å². The van der Waals surface area contributed by atoms with Crippen molar-refractivity contribution in [3.05, 3.63) is 0 Å². The molecule has 0 aromatic heterocycles. The van der Waals surface area contributed by atoms with Gasteiger partial charge in [0.2, 0.25) is 0 Å². The molecule has 0 spiro atoms. The van der Waals surface area contributed by atoms with Gasteiger partial charge in [-0.05, 0) is 12.8 Å². The van der Waals surface area contributed by atoms with Crippen LogP contribution in [0.2, 0.25) is 0 Å². The zero-order valence-electron chi connectivity index (χ0n) is 9.27. The molecule has 0 fully saturated rings. The molecule has 1 atom stereocenters. The summed E-state index contributed by atoms with van der Waals surface area (Å²) in [6.45, 7) is 3.54. The van der Waals surface area contributed by atoms with Crippen LogP contribution in [0.1, 0.15) is 33.1 Å². The van der Waals surface area contributed by atoms with Crippen molar-refractivity contribution in [2.24, 2.45) is 0 Å². The van der Waals surface area contributed by atoms with Crippen LogP contribution in [0.5, 0.6) is 0 Å². The van der Waals surface area contributed by atoms with Crippen molar-refractivity contribution in [2.75, 3.05) is 13.1 Å². The summed E-state index contributed by atoms with van der Waals surface area (Å²) in [6, 6.07) is 0.0437. The molecule has 0 aromatic rings. The van der Waals surface area contributed by atoms with Gasteiger partial charge in [0, 0.05) is 6.04 Å². The molecule has 5 nitrogen and oxygen atoms in total. The minimum Gasteiger partial charge on any atom is -0.480 e. The third kappa shape index (κ3) is 6.06. The number of carboxylic acid groups (broad SMARTS) is 2. The number of carbonyl (C=O) groups is 2. The Morgan fingerprint density at radius 2 is 1.60 bits per heavy atom. The fraction of sp³-hybridized carbons (Fsp3) is 0.800. The van der Waals surface area contributed by atoms with Gasteiger partial charge >= 0.3 is 11.9 Å². The van der Waals surface area contributed by atoms with Crippen molar-refractivity contribution >= 4 is 11.9 Å². The number of nitrogens with zero attached hydrogens (tertiary/aromatic N) is 1. The van der Waals surface area contributed by atoms with E-state index >= 15 is 0 Å². The molecular weight excluding hydrogens is 198 g/mol. The van der Waals surface area contributed by atoms with Crippen molar-refractivity contribution < 1.29 is 19.8 Å². The summed E-state index contributed by atoms with van der Waals surface area (Å²) in [4.78, 5) is 22.7. The maximum absolute atomic E-state index is 10.6. The van der Waals surface area contributed by atoms with Crippen LogP contribution in [0.25, 0.3) is 0 Å². The predicted molar refractivity (Wildman–Crippen MR) is 55.8 cm³/mol. The molecule has 0 aliphatic carbocycles. The maximum atomic E-state index is 10.6. The van der Waals surface area contributed by atoms with E-state index in [1.807, 2.05) is 13.8 Å². The second-order valence-corrected chi connectivity index (χ2v) is 3.54. The Balaban J connectivity index is 4.41. The van der Waals surface area contributed by atoms with Gasteiger partial charge in [-0.15, -0.1) is 0 Å². The molecule has 1 unspecified atom stereocenters. The molecule has 2 N–H and O–H groups in total. The molecule has 0 radical (unpaired) electrons. The van der Waals surface area contributed by atoms with Gasteiger partial charge < -0.3 is 10.2 Å². The zero-order valence-corrected chi connectivity index (χ0v) is 9.27. The Morgan fingerprint density at radius 3 is 1.87 bits per heavy atom. The lowest BCUT2D eigenvalue weighted by Crippen LogP contribution is -2.42. The monoisotopic (exact) mass is 217 g/mol. The molecule has 0 saturated carbocycles. The van der Waals surface area contributed by atoms with Gasteiger partial charge in [-0.3, -0.25) is 14.5 Å². The van der Waals surface area contributed by atoms with E-state index < -0.39 is 11.9 Å². The van der Waals surface area contributed by atoms with E-state index in [4.69, 9.17) is 10.2 Å². The van der Waals surface area contributed by atoms with E-state index in [0.717, 1.165) is 19.3 Å². The number of carboxylic acids is 2. The first kappa shape index (κ1) is 13.9. The van der Waals surface area contributed by atoms with E-state index in [1.54, 1.807) is 0 Å². The van der Waals surface area contributed by atoms with E-state index in [0.29, 0.717) is 0 Å². The molecule has 0 rings (SSSR count). The predicted octanol–water partition coefficient (Wildman–Crippen LogP) is 1.04. The van der Waals surface area contributed by atoms with Crippen LogP contribution >= 0.6 is 0 Å². The summed E-state index contributed by atoms with van der Waals surface area (Å²) in [6.07, 6.45) is 2.53. The fourth-order valence-electron chi connectivity index (χ4n) is 1.64. The SMILES string of the molecule is CCCC(CC)N(CC(=O)O)CC(=O)O. The lowest BCUT2D eigenvalue weighted by Gasteiger charge is -2.27. The molecule has 15 heavy (non-hydrogen) atoms. The van der Waals surface area contributed by atoms with Gasteiger partial charge in [-0.25, -0.2) is 0 Å². The van der Waals surface area contributed by atoms with Crippen molar-refractivity contribution in [1.82, 2.24) is 4.90 Å². The standard InChI is InChI=1S/C10H19NO4/c1-3-5-8(4-2)11(6-9(12)13)7-10(14)15/h8H,3-7H2,1-2H3,(H,12,13)(H,14,15). The number of rotatable bonds is 8. The first-order valence-electron chi connectivity index (χ1n) is 5.18. The smallest absolute Gasteiger partial charge is 0.317 e. The topological polar surface area (TPSA) is 77.8 Å². The maximum Gasteiger partial charge on any atom is 0.317 e. The molecule has 0 aromatic carbocycles. The summed E-state index contributed by atoms with van der Waals surface area (Å²) in [5.41, 5.74) is 0. The molecule has 0 aliphatic heterocycles. The fourth-order valence-corrected chi connectivity index (χ4v) is 1.64. The van der Waals surface area contributed by atoms with Gasteiger partial charge in [0.15, 0.2) is 0 Å². The van der Waals surface area contributed by atoms with Crippen LogP contribution in [0.4, 0.5) is 0 Å². The Morgan fingerprint density at radius 1 is 1.13 bits per heavy atom. The van der Waals surface area contributed by atoms with E-state index in [2.05, 4.69) is 0 Å². The minimum atomic E-state index is -0.981. The highest BCUT2D eigenvalue weighted by atomic mass is 16.4. The lowest BCUT2D eigenvalue weighted by atomic mass is 10.1. The summed E-state index contributed by atoms with van der Waals surface area (Å²) in [5.74, 6) is -1.96. The molecule has 0 heterocycles. The van der Waals surface area contributed by atoms with Crippen LogP contribution in [0.3, 0.4) is 0 Å². The zero-order chi connectivity index (χ0) is 11.8. The largest absolute Gasteiger partial charge is 0.480 e. The number of hydrogen-bond donors (Lipinski definition) is 2. The quantitative estimate of drug-likeness (QED) is 0.635. The van der Waals surface area contributed by atoms with E-state index in [9.17, 15) is 9.59 Å². The van der Waals surface area contributed by atoms with E-state index in [1.165, 1.54) is 4.90 Å². The van der Waals surface area contributed by atoms with Crippen LogP contribution in [0.15, 0.2) is 0 Å². The molecule has 0 aliphatic rings. The molecular formula is C10H19NO4. The van der Waals surface area contributed by atoms with Gasteiger partial charge in [0.05, 0.1) is 13.1 Å².